The molecule has 0 aliphatic heterocycles. The maximum Gasteiger partial charge on any atom is 0.407 e. The Balaban J connectivity index is 1.78. The molecule has 0 aliphatic carbocycles. The van der Waals surface area contributed by atoms with E-state index in [1.54, 1.807) is 0 Å². The lowest BCUT2D eigenvalue weighted by molar-refractivity contribution is -0.115. The monoisotopic (exact) mass is 326 g/mol. The number of alkyl carbamates (subject to hydrolysis) is 1. The Bertz CT molecular complexity index is 684. The number of para-hydroxylation sites is 1. The topological polar surface area (TPSA) is 67.4 Å². The Morgan fingerprint density at radius 3 is 2.38 bits per heavy atom. The van der Waals surface area contributed by atoms with Gasteiger partial charge in [-0.15, -0.1) is 0 Å². The van der Waals surface area contributed by atoms with Gasteiger partial charge in [0.25, 0.3) is 0 Å². The SMILES string of the molecule is CC(C)c1ccccc1NC(=O)CNC(=O)OCc1ccccc1. The van der Waals surface area contributed by atoms with Gasteiger partial charge in [-0.3, -0.25) is 4.79 Å². The lowest BCUT2D eigenvalue weighted by atomic mass is 10.0. The van der Waals surface area contributed by atoms with Crippen LogP contribution in [0.2, 0.25) is 0 Å². The van der Waals surface area contributed by atoms with E-state index in [0.29, 0.717) is 5.92 Å². The fraction of sp³-hybridized carbons (Fsp3) is 0.263. The summed E-state index contributed by atoms with van der Waals surface area (Å²) in [4.78, 5) is 23.6. The van der Waals surface area contributed by atoms with Gasteiger partial charge in [-0.05, 0) is 23.1 Å². The van der Waals surface area contributed by atoms with Gasteiger partial charge in [0.05, 0.1) is 0 Å². The Kier molecular flexibility index (Phi) is 6.37. The van der Waals surface area contributed by atoms with Crippen LogP contribution in [0, 0.1) is 0 Å². The first-order chi connectivity index (χ1) is 11.6. The molecule has 2 N–H and O–H groups in total. The summed E-state index contributed by atoms with van der Waals surface area (Å²) < 4.78 is 5.06. The highest BCUT2D eigenvalue weighted by Crippen LogP contribution is 2.23. The first-order valence-corrected chi connectivity index (χ1v) is 7.89. The van der Waals surface area contributed by atoms with Crippen molar-refractivity contribution < 1.29 is 14.3 Å². The third kappa shape index (κ3) is 5.43. The highest BCUT2D eigenvalue weighted by molar-refractivity contribution is 5.94. The quantitative estimate of drug-likeness (QED) is 0.851. The molecule has 0 saturated carbocycles. The van der Waals surface area contributed by atoms with E-state index in [4.69, 9.17) is 4.74 Å². The van der Waals surface area contributed by atoms with E-state index in [2.05, 4.69) is 24.5 Å². The van der Waals surface area contributed by atoms with E-state index in [-0.39, 0.29) is 19.1 Å². The fourth-order valence-corrected chi connectivity index (χ4v) is 2.24. The predicted octanol–water partition coefficient (Wildman–Crippen LogP) is 3.67. The zero-order chi connectivity index (χ0) is 17.4. The smallest absolute Gasteiger partial charge is 0.407 e. The minimum absolute atomic E-state index is 0.139. The molecule has 0 aromatic heterocycles. The van der Waals surface area contributed by atoms with Gasteiger partial charge >= 0.3 is 6.09 Å². The average molecular weight is 326 g/mol. The number of hydrogen-bond donors (Lipinski definition) is 2. The lowest BCUT2D eigenvalue weighted by Crippen LogP contribution is -2.33. The zero-order valence-corrected chi connectivity index (χ0v) is 13.9. The fourth-order valence-electron chi connectivity index (χ4n) is 2.24. The lowest BCUT2D eigenvalue weighted by Gasteiger charge is -2.14. The number of benzene rings is 2. The molecule has 0 unspecified atom stereocenters. The van der Waals surface area contributed by atoms with Crippen LogP contribution in [0.3, 0.4) is 0 Å². The van der Waals surface area contributed by atoms with Gasteiger partial charge in [0.15, 0.2) is 0 Å². The van der Waals surface area contributed by atoms with E-state index in [1.165, 1.54) is 0 Å². The predicted molar refractivity (Wildman–Crippen MR) is 93.8 cm³/mol. The molecule has 126 valence electrons. The number of carbonyl (C=O) groups excluding carboxylic acids is 2. The third-order valence-electron chi connectivity index (χ3n) is 3.46. The summed E-state index contributed by atoms with van der Waals surface area (Å²) in [6.07, 6.45) is -0.619. The highest BCUT2D eigenvalue weighted by Gasteiger charge is 2.10. The first kappa shape index (κ1) is 17.5. The second-order valence-electron chi connectivity index (χ2n) is 5.71. The van der Waals surface area contributed by atoms with Gasteiger partial charge in [0.2, 0.25) is 5.91 Å². The first-order valence-electron chi connectivity index (χ1n) is 7.89. The van der Waals surface area contributed by atoms with Crippen molar-refractivity contribution in [2.45, 2.75) is 26.4 Å². The average Bonchev–Trinajstić information content (AvgIpc) is 2.59. The van der Waals surface area contributed by atoms with Crippen molar-refractivity contribution in [1.82, 2.24) is 5.32 Å². The number of amides is 2. The Morgan fingerprint density at radius 2 is 1.67 bits per heavy atom. The summed E-state index contributed by atoms with van der Waals surface area (Å²) >= 11 is 0. The summed E-state index contributed by atoms with van der Waals surface area (Å²) in [5.74, 6) is 0.00468. The molecule has 0 fully saturated rings. The molecule has 5 heteroatoms. The van der Waals surface area contributed by atoms with Crippen LogP contribution in [0.4, 0.5) is 10.5 Å². The molecule has 0 atom stereocenters. The molecule has 5 nitrogen and oxygen atoms in total. The largest absolute Gasteiger partial charge is 0.445 e. The minimum atomic E-state index is -0.619. The van der Waals surface area contributed by atoms with E-state index in [9.17, 15) is 9.59 Å². The Labute approximate surface area is 142 Å². The number of carbonyl (C=O) groups is 2. The second kappa shape index (κ2) is 8.72. The standard InChI is InChI=1S/C19H22N2O3/c1-14(2)16-10-6-7-11-17(16)21-18(22)12-20-19(23)24-13-15-8-4-3-5-9-15/h3-11,14H,12-13H2,1-2H3,(H,20,23)(H,21,22). The van der Waals surface area contributed by atoms with Gasteiger partial charge in [0.1, 0.15) is 13.2 Å². The van der Waals surface area contributed by atoms with Crippen molar-refractivity contribution in [1.29, 1.82) is 0 Å². The van der Waals surface area contributed by atoms with E-state index < -0.39 is 6.09 Å². The maximum absolute atomic E-state index is 12.0. The molecular weight excluding hydrogens is 304 g/mol. The van der Waals surface area contributed by atoms with Crippen LogP contribution in [0.5, 0.6) is 0 Å². The molecule has 2 aromatic carbocycles. The van der Waals surface area contributed by atoms with Crippen LogP contribution in [0.1, 0.15) is 30.9 Å². The zero-order valence-electron chi connectivity index (χ0n) is 13.9. The van der Waals surface area contributed by atoms with Crippen LogP contribution in [-0.2, 0) is 16.1 Å². The van der Waals surface area contributed by atoms with Crippen molar-refractivity contribution in [2.75, 3.05) is 11.9 Å². The van der Waals surface area contributed by atoms with Gasteiger partial charge in [0, 0.05) is 5.69 Å². The molecule has 0 radical (unpaired) electrons. The van der Waals surface area contributed by atoms with Crippen molar-refractivity contribution >= 4 is 17.7 Å². The maximum atomic E-state index is 12.0. The molecule has 0 aliphatic rings. The molecule has 2 aromatic rings. The van der Waals surface area contributed by atoms with Crippen molar-refractivity contribution in [2.24, 2.45) is 0 Å². The number of ether oxygens (including phenoxy) is 1. The van der Waals surface area contributed by atoms with Gasteiger partial charge in [-0.1, -0.05) is 62.4 Å². The summed E-state index contributed by atoms with van der Waals surface area (Å²) in [6, 6.07) is 17.0. The van der Waals surface area contributed by atoms with Crippen LogP contribution in [0.25, 0.3) is 0 Å². The molecule has 0 spiro atoms. The summed E-state index contributed by atoms with van der Waals surface area (Å²) in [7, 11) is 0. The van der Waals surface area contributed by atoms with Gasteiger partial charge < -0.3 is 15.4 Å². The van der Waals surface area contributed by atoms with Crippen LogP contribution < -0.4 is 10.6 Å². The van der Waals surface area contributed by atoms with E-state index >= 15 is 0 Å². The molecule has 24 heavy (non-hydrogen) atoms. The molecule has 2 amide bonds. The number of nitrogens with one attached hydrogen (secondary N) is 2. The summed E-state index contributed by atoms with van der Waals surface area (Å²) in [5.41, 5.74) is 2.71. The molecular formula is C19H22N2O3. The number of hydrogen-bond acceptors (Lipinski definition) is 3. The van der Waals surface area contributed by atoms with Gasteiger partial charge in [-0.25, -0.2) is 4.79 Å². The van der Waals surface area contributed by atoms with Crippen LogP contribution >= 0.6 is 0 Å². The molecule has 0 heterocycles. The van der Waals surface area contributed by atoms with Crippen molar-refractivity contribution in [3.63, 3.8) is 0 Å². The second-order valence-corrected chi connectivity index (χ2v) is 5.71. The van der Waals surface area contributed by atoms with E-state index in [0.717, 1.165) is 16.8 Å². The highest BCUT2D eigenvalue weighted by atomic mass is 16.5. The normalized spacial score (nSPS) is 10.3. The van der Waals surface area contributed by atoms with E-state index in [1.807, 2.05) is 54.6 Å². The Morgan fingerprint density at radius 1 is 1.00 bits per heavy atom. The van der Waals surface area contributed by atoms with Gasteiger partial charge in [-0.2, -0.15) is 0 Å². The Hall–Kier alpha value is -2.82. The number of rotatable bonds is 6. The molecule has 0 saturated heterocycles. The summed E-state index contributed by atoms with van der Waals surface area (Å²) in [5, 5.41) is 5.26. The minimum Gasteiger partial charge on any atom is -0.445 e. The molecule has 2 rings (SSSR count). The van der Waals surface area contributed by atoms with Crippen LogP contribution in [-0.4, -0.2) is 18.5 Å². The van der Waals surface area contributed by atoms with Crippen molar-refractivity contribution in [3.8, 4) is 0 Å². The van der Waals surface area contributed by atoms with Crippen LogP contribution in [0.15, 0.2) is 54.6 Å². The molecule has 0 bridgehead atoms. The summed E-state index contributed by atoms with van der Waals surface area (Å²) in [6.45, 7) is 4.15. The van der Waals surface area contributed by atoms with Crippen molar-refractivity contribution in [3.05, 3.63) is 65.7 Å². The number of anilines is 1. The third-order valence-corrected chi connectivity index (χ3v) is 3.46.